The lowest BCUT2D eigenvalue weighted by atomic mass is 9.89. The first-order chi connectivity index (χ1) is 8.76. The van der Waals surface area contributed by atoms with Crippen molar-refractivity contribution in [2.75, 3.05) is 13.2 Å². The molecule has 1 aliphatic rings. The third-order valence-electron chi connectivity index (χ3n) is 2.78. The first-order valence-electron chi connectivity index (χ1n) is 5.26. The summed E-state index contributed by atoms with van der Waals surface area (Å²) in [5.41, 5.74) is 8.73. The minimum atomic E-state index is -4.88. The molecule has 0 fully saturated rings. The fraction of sp³-hybridized carbons (Fsp3) is 0.364. The molecule has 104 valence electrons. The Balaban J connectivity index is 2.69. The van der Waals surface area contributed by atoms with E-state index in [2.05, 4.69) is 4.99 Å². The van der Waals surface area contributed by atoms with Crippen LogP contribution in [-0.4, -0.2) is 25.2 Å². The number of hydrogen-bond acceptors (Lipinski definition) is 3. The monoisotopic (exact) mass is 276 g/mol. The molecule has 0 bridgehead atoms. The SMILES string of the molecule is [NH-]c1ccc(F)c(C2(C(F)(F)F)COCC(N)=N2)c1. The zero-order valence-electron chi connectivity index (χ0n) is 9.59. The van der Waals surface area contributed by atoms with E-state index in [0.717, 1.165) is 18.2 Å². The van der Waals surface area contributed by atoms with Crippen molar-refractivity contribution in [2.24, 2.45) is 10.7 Å². The molecule has 0 radical (unpaired) electrons. The molecule has 19 heavy (non-hydrogen) atoms. The molecule has 2 rings (SSSR count). The van der Waals surface area contributed by atoms with Crippen molar-refractivity contribution < 1.29 is 22.3 Å². The van der Waals surface area contributed by atoms with Crippen LogP contribution < -0.4 is 5.73 Å². The number of nitrogens with two attached hydrogens (primary N) is 1. The van der Waals surface area contributed by atoms with Crippen LogP contribution in [0.3, 0.4) is 0 Å². The van der Waals surface area contributed by atoms with Gasteiger partial charge in [0, 0.05) is 5.56 Å². The summed E-state index contributed by atoms with van der Waals surface area (Å²) in [6.45, 7) is -1.10. The van der Waals surface area contributed by atoms with E-state index in [0.29, 0.717) is 0 Å². The van der Waals surface area contributed by atoms with Gasteiger partial charge in [-0.1, -0.05) is 12.1 Å². The van der Waals surface area contributed by atoms with E-state index in [1.807, 2.05) is 0 Å². The van der Waals surface area contributed by atoms with Crippen LogP contribution in [0.25, 0.3) is 5.73 Å². The molecule has 0 aliphatic carbocycles. The summed E-state index contributed by atoms with van der Waals surface area (Å²) in [6, 6.07) is 2.64. The molecule has 1 atom stereocenters. The van der Waals surface area contributed by atoms with Gasteiger partial charge in [-0.05, 0) is 6.07 Å². The van der Waals surface area contributed by atoms with E-state index < -0.39 is 29.7 Å². The predicted octanol–water partition coefficient (Wildman–Crippen LogP) is 2.65. The minimum absolute atomic E-state index is 0.236. The summed E-state index contributed by atoms with van der Waals surface area (Å²) in [5.74, 6) is -1.46. The Morgan fingerprint density at radius 3 is 2.63 bits per heavy atom. The van der Waals surface area contributed by atoms with Crippen molar-refractivity contribution in [3.05, 3.63) is 35.3 Å². The summed E-state index contributed by atoms with van der Waals surface area (Å²) in [6.07, 6.45) is -4.88. The zero-order valence-corrected chi connectivity index (χ0v) is 9.59. The predicted molar refractivity (Wildman–Crippen MR) is 60.6 cm³/mol. The second-order valence-corrected chi connectivity index (χ2v) is 4.15. The molecule has 3 N–H and O–H groups in total. The van der Waals surface area contributed by atoms with Crippen LogP contribution in [0.1, 0.15) is 5.56 Å². The van der Waals surface area contributed by atoms with Crippen LogP contribution in [0.4, 0.5) is 23.2 Å². The van der Waals surface area contributed by atoms with Gasteiger partial charge in [-0.25, -0.2) is 9.38 Å². The molecule has 1 aromatic carbocycles. The highest BCUT2D eigenvalue weighted by Crippen LogP contribution is 2.45. The van der Waals surface area contributed by atoms with E-state index in [1.165, 1.54) is 0 Å². The highest BCUT2D eigenvalue weighted by molar-refractivity contribution is 5.82. The van der Waals surface area contributed by atoms with Crippen molar-refractivity contribution in [3.63, 3.8) is 0 Å². The van der Waals surface area contributed by atoms with Crippen LogP contribution >= 0.6 is 0 Å². The van der Waals surface area contributed by atoms with Crippen molar-refractivity contribution in [3.8, 4) is 0 Å². The lowest BCUT2D eigenvalue weighted by molar-refractivity contribution is -0.205. The molecule has 0 amide bonds. The normalized spacial score (nSPS) is 24.1. The fourth-order valence-corrected chi connectivity index (χ4v) is 1.89. The maximum absolute atomic E-state index is 13.7. The number of hydrogen-bond donors (Lipinski definition) is 1. The summed E-state index contributed by atoms with van der Waals surface area (Å²) in [4.78, 5) is 3.38. The Hall–Kier alpha value is -1.83. The largest absolute Gasteiger partial charge is 0.699 e. The Morgan fingerprint density at radius 1 is 1.37 bits per heavy atom. The molecule has 4 nitrogen and oxygen atoms in total. The quantitative estimate of drug-likeness (QED) is 0.801. The van der Waals surface area contributed by atoms with E-state index >= 15 is 0 Å². The molecule has 0 spiro atoms. The number of halogens is 4. The molecule has 0 saturated heterocycles. The van der Waals surface area contributed by atoms with Crippen LogP contribution in [0.5, 0.6) is 0 Å². The number of ether oxygens (including phenoxy) is 1. The van der Waals surface area contributed by atoms with E-state index in [4.69, 9.17) is 16.2 Å². The van der Waals surface area contributed by atoms with Gasteiger partial charge in [0.15, 0.2) is 0 Å². The number of nitrogens with one attached hydrogen (secondary N) is 1. The first-order valence-corrected chi connectivity index (χ1v) is 5.26. The Kier molecular flexibility index (Phi) is 3.13. The van der Waals surface area contributed by atoms with Gasteiger partial charge < -0.3 is 16.2 Å². The Bertz CT molecular complexity index is 529. The molecule has 1 aliphatic heterocycles. The second-order valence-electron chi connectivity index (χ2n) is 4.15. The van der Waals surface area contributed by atoms with Gasteiger partial charge in [-0.15, -0.1) is 5.69 Å². The number of rotatable bonds is 1. The molecule has 8 heteroatoms. The molecular weight excluding hydrogens is 266 g/mol. The van der Waals surface area contributed by atoms with Gasteiger partial charge in [-0.2, -0.15) is 13.2 Å². The smallest absolute Gasteiger partial charge is 0.420 e. The van der Waals surface area contributed by atoms with Crippen molar-refractivity contribution >= 4 is 11.5 Å². The number of alkyl halides is 3. The van der Waals surface area contributed by atoms with Crippen LogP contribution in [0.15, 0.2) is 23.2 Å². The average molecular weight is 276 g/mol. The second kappa shape index (κ2) is 4.37. The summed E-state index contributed by atoms with van der Waals surface area (Å²) in [5, 5.41) is 0. The van der Waals surface area contributed by atoms with Gasteiger partial charge >= 0.3 is 6.18 Å². The lowest BCUT2D eigenvalue weighted by Crippen LogP contribution is -2.50. The van der Waals surface area contributed by atoms with Crippen LogP contribution in [0, 0.1) is 5.82 Å². The molecule has 1 aromatic rings. The summed E-state index contributed by atoms with van der Waals surface area (Å²) < 4.78 is 58.4. The van der Waals surface area contributed by atoms with Crippen molar-refractivity contribution in [1.82, 2.24) is 0 Å². The van der Waals surface area contributed by atoms with Gasteiger partial charge in [0.2, 0.25) is 5.54 Å². The van der Waals surface area contributed by atoms with Crippen LogP contribution in [0.2, 0.25) is 0 Å². The zero-order chi connectivity index (χ0) is 14.3. The summed E-state index contributed by atoms with van der Waals surface area (Å²) >= 11 is 0. The molecule has 0 saturated carbocycles. The lowest BCUT2D eigenvalue weighted by Gasteiger charge is -2.36. The molecule has 1 unspecified atom stereocenters. The Morgan fingerprint density at radius 2 is 2.05 bits per heavy atom. The maximum Gasteiger partial charge on any atom is 0.420 e. The van der Waals surface area contributed by atoms with Gasteiger partial charge in [0.05, 0.1) is 6.61 Å². The van der Waals surface area contributed by atoms with E-state index in [1.54, 1.807) is 0 Å². The number of benzene rings is 1. The van der Waals surface area contributed by atoms with Gasteiger partial charge in [0.1, 0.15) is 18.3 Å². The number of nitrogens with zero attached hydrogens (tertiary/aromatic N) is 1. The highest BCUT2D eigenvalue weighted by atomic mass is 19.4. The van der Waals surface area contributed by atoms with E-state index in [9.17, 15) is 17.6 Å². The van der Waals surface area contributed by atoms with Crippen molar-refractivity contribution in [2.45, 2.75) is 11.7 Å². The third kappa shape index (κ3) is 2.23. The number of aliphatic imine (C=N–C) groups is 1. The van der Waals surface area contributed by atoms with Gasteiger partial charge in [-0.3, -0.25) is 0 Å². The van der Waals surface area contributed by atoms with Crippen molar-refractivity contribution in [1.29, 1.82) is 0 Å². The first kappa shape index (κ1) is 13.6. The molecule has 1 heterocycles. The van der Waals surface area contributed by atoms with Crippen LogP contribution in [-0.2, 0) is 10.3 Å². The average Bonchev–Trinajstić information content (AvgIpc) is 2.30. The third-order valence-corrected chi connectivity index (χ3v) is 2.78. The fourth-order valence-electron chi connectivity index (χ4n) is 1.89. The van der Waals surface area contributed by atoms with E-state index in [-0.39, 0.29) is 18.1 Å². The number of amidine groups is 1. The molecular formula is C11H10F4N3O-. The minimum Gasteiger partial charge on any atom is -0.699 e. The standard InChI is InChI=1S/C11H10F4N3O/c12-8-2-1-6(16)3-7(8)10(11(13,14)15)5-19-4-9(17)18-10/h1-3,16H,4-5H2,(H2,17,18)/q-1. The maximum atomic E-state index is 13.7. The topological polar surface area (TPSA) is 71.4 Å². The van der Waals surface area contributed by atoms with Gasteiger partial charge in [0.25, 0.3) is 0 Å². The summed E-state index contributed by atoms with van der Waals surface area (Å²) in [7, 11) is 0. The Labute approximate surface area is 106 Å². The highest BCUT2D eigenvalue weighted by Gasteiger charge is 2.59. The molecule has 0 aromatic heterocycles.